The molecule has 32 heavy (non-hydrogen) atoms. The molecule has 0 radical (unpaired) electrons. The molecular formula is C24H26N4O4. The Hall–Kier alpha value is -3.55. The predicted molar refractivity (Wildman–Crippen MR) is 117 cm³/mol. The predicted octanol–water partition coefficient (Wildman–Crippen LogP) is 2.46. The third-order valence-corrected chi connectivity index (χ3v) is 5.78. The van der Waals surface area contributed by atoms with E-state index in [1.54, 1.807) is 67.2 Å². The zero-order valence-electron chi connectivity index (χ0n) is 18.5. The van der Waals surface area contributed by atoms with Crippen LogP contribution in [0.1, 0.15) is 68.6 Å². The Labute approximate surface area is 186 Å². The summed E-state index contributed by atoms with van der Waals surface area (Å²) in [6, 6.07) is 8.13. The Morgan fingerprint density at radius 1 is 0.844 bits per heavy atom. The summed E-state index contributed by atoms with van der Waals surface area (Å²) in [5, 5.41) is 0. The first kappa shape index (κ1) is 21.7. The van der Waals surface area contributed by atoms with Crippen LogP contribution in [0.2, 0.25) is 0 Å². The quantitative estimate of drug-likeness (QED) is 0.678. The molecule has 1 aromatic heterocycles. The van der Waals surface area contributed by atoms with E-state index in [0.717, 1.165) is 0 Å². The fourth-order valence-electron chi connectivity index (χ4n) is 4.16. The van der Waals surface area contributed by atoms with E-state index in [-0.39, 0.29) is 29.2 Å². The molecule has 1 aromatic carbocycles. The summed E-state index contributed by atoms with van der Waals surface area (Å²) in [6.07, 6.45) is 3.81. The van der Waals surface area contributed by atoms with Gasteiger partial charge in [0.25, 0.3) is 23.6 Å². The van der Waals surface area contributed by atoms with E-state index in [1.165, 1.54) is 11.0 Å². The number of carbonyl (C=O) groups is 4. The van der Waals surface area contributed by atoms with Crippen LogP contribution in [0.3, 0.4) is 0 Å². The van der Waals surface area contributed by atoms with Gasteiger partial charge in [-0.15, -0.1) is 0 Å². The van der Waals surface area contributed by atoms with E-state index >= 15 is 0 Å². The smallest absolute Gasteiger partial charge is 0.262 e. The van der Waals surface area contributed by atoms with Gasteiger partial charge in [0, 0.05) is 49.7 Å². The standard InChI is InChI=1S/C24H26N4O4/c1-24(2,3)28-22(31)18-8-7-16(14-19(18)23(28)32)20(29)26-10-5-11-27(13-12-26)21(30)17-6-4-9-25-15-17/h4,6-9,14-15H,5,10-13H2,1-3H3. The van der Waals surface area contributed by atoms with Gasteiger partial charge in [0.05, 0.1) is 16.7 Å². The zero-order valence-corrected chi connectivity index (χ0v) is 18.5. The van der Waals surface area contributed by atoms with Gasteiger partial charge >= 0.3 is 0 Å². The monoisotopic (exact) mass is 434 g/mol. The highest BCUT2D eigenvalue weighted by Crippen LogP contribution is 2.30. The van der Waals surface area contributed by atoms with E-state index in [4.69, 9.17) is 0 Å². The van der Waals surface area contributed by atoms with Crippen molar-refractivity contribution in [2.75, 3.05) is 26.2 Å². The highest BCUT2D eigenvalue weighted by atomic mass is 16.2. The van der Waals surface area contributed by atoms with Gasteiger partial charge in [0.15, 0.2) is 0 Å². The lowest BCUT2D eigenvalue weighted by Gasteiger charge is -2.29. The molecule has 0 aliphatic carbocycles. The molecule has 1 fully saturated rings. The molecule has 4 amide bonds. The molecule has 0 atom stereocenters. The minimum absolute atomic E-state index is 0.101. The molecule has 0 bridgehead atoms. The Bertz CT molecular complexity index is 1090. The SMILES string of the molecule is CC(C)(C)N1C(=O)c2ccc(C(=O)N3CCCN(C(=O)c4cccnc4)CC3)cc2C1=O. The van der Waals surface area contributed by atoms with Gasteiger partial charge in [0.2, 0.25) is 0 Å². The second kappa shape index (κ2) is 8.18. The van der Waals surface area contributed by atoms with Gasteiger partial charge < -0.3 is 9.80 Å². The highest BCUT2D eigenvalue weighted by Gasteiger charge is 2.42. The van der Waals surface area contributed by atoms with Crippen LogP contribution in [0.5, 0.6) is 0 Å². The lowest BCUT2D eigenvalue weighted by molar-refractivity contribution is 0.0507. The van der Waals surface area contributed by atoms with E-state index in [1.807, 2.05) is 0 Å². The summed E-state index contributed by atoms with van der Waals surface area (Å²) in [5.74, 6) is -1.03. The summed E-state index contributed by atoms with van der Waals surface area (Å²) < 4.78 is 0. The van der Waals surface area contributed by atoms with Gasteiger partial charge in [-0.1, -0.05) is 0 Å². The second-order valence-electron chi connectivity index (χ2n) is 9.06. The molecule has 2 aliphatic rings. The van der Waals surface area contributed by atoms with Crippen molar-refractivity contribution < 1.29 is 19.2 Å². The van der Waals surface area contributed by atoms with Crippen LogP contribution < -0.4 is 0 Å². The Balaban J connectivity index is 1.49. The molecule has 8 heteroatoms. The summed E-state index contributed by atoms with van der Waals surface area (Å²) in [4.78, 5) is 60.1. The van der Waals surface area contributed by atoms with Gasteiger partial charge in [-0.2, -0.15) is 0 Å². The van der Waals surface area contributed by atoms with E-state index in [9.17, 15) is 19.2 Å². The first-order valence-electron chi connectivity index (χ1n) is 10.7. The minimum Gasteiger partial charge on any atom is -0.337 e. The molecule has 0 unspecified atom stereocenters. The molecule has 0 N–H and O–H groups in total. The van der Waals surface area contributed by atoms with Crippen molar-refractivity contribution in [3.05, 3.63) is 65.0 Å². The first-order valence-corrected chi connectivity index (χ1v) is 10.7. The number of nitrogens with zero attached hydrogens (tertiary/aromatic N) is 4. The summed E-state index contributed by atoms with van der Waals surface area (Å²) in [5.41, 5.74) is 0.835. The lowest BCUT2D eigenvalue weighted by Crippen LogP contribution is -2.45. The van der Waals surface area contributed by atoms with Crippen LogP contribution in [-0.4, -0.2) is 75.0 Å². The molecule has 2 aliphatic heterocycles. The maximum atomic E-state index is 13.2. The third kappa shape index (κ3) is 3.88. The van der Waals surface area contributed by atoms with Crippen LogP contribution in [0, 0.1) is 0 Å². The number of aromatic nitrogens is 1. The number of imide groups is 1. The number of benzene rings is 1. The first-order chi connectivity index (χ1) is 15.2. The fourth-order valence-corrected chi connectivity index (χ4v) is 4.16. The number of pyridine rings is 1. The van der Waals surface area contributed by atoms with Crippen LogP contribution in [0.4, 0.5) is 0 Å². The average Bonchev–Trinajstić information content (AvgIpc) is 2.92. The zero-order chi connectivity index (χ0) is 23.0. The van der Waals surface area contributed by atoms with Crippen molar-refractivity contribution in [3.63, 3.8) is 0 Å². The number of hydrogen-bond donors (Lipinski definition) is 0. The number of carbonyl (C=O) groups excluding carboxylic acids is 4. The Morgan fingerprint density at radius 3 is 2.06 bits per heavy atom. The van der Waals surface area contributed by atoms with E-state index < -0.39 is 5.54 Å². The van der Waals surface area contributed by atoms with E-state index in [0.29, 0.717) is 49.3 Å². The van der Waals surface area contributed by atoms with Gasteiger partial charge in [0.1, 0.15) is 0 Å². The van der Waals surface area contributed by atoms with Crippen LogP contribution in [0.25, 0.3) is 0 Å². The molecule has 4 rings (SSSR count). The van der Waals surface area contributed by atoms with Crippen molar-refractivity contribution in [1.82, 2.24) is 19.7 Å². The number of rotatable bonds is 2. The van der Waals surface area contributed by atoms with Crippen molar-refractivity contribution >= 4 is 23.6 Å². The number of fused-ring (bicyclic) bond motifs is 1. The summed E-state index contributed by atoms with van der Waals surface area (Å²) >= 11 is 0. The maximum Gasteiger partial charge on any atom is 0.262 e. The van der Waals surface area contributed by atoms with E-state index in [2.05, 4.69) is 4.98 Å². The Morgan fingerprint density at radius 2 is 1.47 bits per heavy atom. The van der Waals surface area contributed by atoms with Crippen molar-refractivity contribution in [1.29, 1.82) is 0 Å². The van der Waals surface area contributed by atoms with Crippen LogP contribution in [0.15, 0.2) is 42.7 Å². The second-order valence-corrected chi connectivity index (χ2v) is 9.06. The molecule has 3 heterocycles. The van der Waals surface area contributed by atoms with Gasteiger partial charge in [-0.05, 0) is 57.5 Å². The maximum absolute atomic E-state index is 13.2. The lowest BCUT2D eigenvalue weighted by atomic mass is 10.0. The molecule has 0 saturated carbocycles. The molecule has 2 aromatic rings. The molecule has 8 nitrogen and oxygen atoms in total. The van der Waals surface area contributed by atoms with Crippen molar-refractivity contribution in [2.45, 2.75) is 32.7 Å². The topological polar surface area (TPSA) is 90.9 Å². The molecule has 0 spiro atoms. The average molecular weight is 434 g/mol. The van der Waals surface area contributed by atoms with Crippen molar-refractivity contribution in [2.24, 2.45) is 0 Å². The van der Waals surface area contributed by atoms with Gasteiger partial charge in [-0.3, -0.25) is 29.1 Å². The number of amides is 4. The molecule has 1 saturated heterocycles. The normalized spacial score (nSPS) is 16.8. The fraction of sp³-hybridized carbons (Fsp3) is 0.375. The van der Waals surface area contributed by atoms with Crippen LogP contribution >= 0.6 is 0 Å². The third-order valence-electron chi connectivity index (χ3n) is 5.78. The largest absolute Gasteiger partial charge is 0.337 e. The Kier molecular flexibility index (Phi) is 5.54. The van der Waals surface area contributed by atoms with Crippen LogP contribution in [-0.2, 0) is 0 Å². The summed E-state index contributed by atoms with van der Waals surface area (Å²) in [6.45, 7) is 7.27. The summed E-state index contributed by atoms with van der Waals surface area (Å²) in [7, 11) is 0. The molecule has 166 valence electrons. The number of hydrogen-bond acceptors (Lipinski definition) is 5. The molecular weight excluding hydrogens is 408 g/mol. The van der Waals surface area contributed by atoms with Gasteiger partial charge in [-0.25, -0.2) is 0 Å². The minimum atomic E-state index is -0.646. The van der Waals surface area contributed by atoms with Crippen molar-refractivity contribution in [3.8, 4) is 0 Å². The highest BCUT2D eigenvalue weighted by molar-refractivity contribution is 6.22.